The highest BCUT2D eigenvalue weighted by atomic mass is 33.9. The zero-order valence-electron chi connectivity index (χ0n) is 3.47. The summed E-state index contributed by atoms with van der Waals surface area (Å²) >= 11 is 3.92. The molecule has 0 heterocycles. The molecular formula is H3NS7. The first-order chi connectivity index (χ1) is 3.91. The Balaban J connectivity index is 2.53. The molecule has 0 aliphatic carbocycles. The van der Waals surface area contributed by atoms with Gasteiger partial charge in [-0.25, -0.2) is 0 Å². The smallest absolute Gasteiger partial charge is 0.00384 e. The van der Waals surface area contributed by atoms with E-state index in [1.165, 1.54) is 20.8 Å². The van der Waals surface area contributed by atoms with Crippen molar-refractivity contribution in [1.29, 1.82) is 0 Å². The molecule has 0 spiro atoms. The van der Waals surface area contributed by atoms with E-state index in [0.29, 0.717) is 0 Å². The molecule has 0 aliphatic rings. The first-order valence-corrected chi connectivity index (χ1v) is 9.85. The van der Waals surface area contributed by atoms with Gasteiger partial charge in [-0.1, -0.05) is 11.7 Å². The summed E-state index contributed by atoms with van der Waals surface area (Å²) in [4.78, 5) is 0. The van der Waals surface area contributed by atoms with E-state index >= 15 is 0 Å². The maximum atomic E-state index is 5.12. The molecule has 0 bridgehead atoms. The molecule has 0 rings (SSSR count). The zero-order valence-corrected chi connectivity index (χ0v) is 9.27. The quantitative estimate of drug-likeness (QED) is 0.328. The van der Waals surface area contributed by atoms with Crippen molar-refractivity contribution in [3.63, 3.8) is 0 Å². The van der Waals surface area contributed by atoms with Gasteiger partial charge in [0.15, 0.2) is 0 Å². The third-order valence-corrected chi connectivity index (χ3v) is 10.3. The van der Waals surface area contributed by atoms with Crippen LogP contribution >= 0.6 is 71.8 Å². The van der Waals surface area contributed by atoms with E-state index in [1.54, 1.807) is 39.3 Å². The molecule has 0 aromatic rings. The summed E-state index contributed by atoms with van der Waals surface area (Å²) in [6.45, 7) is 0. The SMILES string of the molecule is NSSSSSSS. The van der Waals surface area contributed by atoms with E-state index in [0.717, 1.165) is 0 Å². The van der Waals surface area contributed by atoms with Crippen molar-refractivity contribution in [3.05, 3.63) is 0 Å². The Morgan fingerprint density at radius 1 is 1.00 bits per heavy atom. The predicted octanol–water partition coefficient (Wildman–Crippen LogP) is 3.68. The van der Waals surface area contributed by atoms with Crippen LogP contribution in [0, 0.1) is 0 Å². The Morgan fingerprint density at radius 2 is 1.62 bits per heavy atom. The average Bonchev–Trinajstić information content (AvgIpc) is 1.81. The fourth-order valence-corrected chi connectivity index (χ4v) is 9.83. The van der Waals surface area contributed by atoms with Crippen LogP contribution in [0.5, 0.6) is 0 Å². The molecule has 0 atom stereocenters. The molecule has 50 valence electrons. The maximum absolute atomic E-state index is 5.12. The Bertz CT molecular complexity index is 29.4. The second kappa shape index (κ2) is 9.41. The first kappa shape index (κ1) is 10.4. The number of rotatable bonds is 5. The molecule has 0 radical (unpaired) electrons. The summed E-state index contributed by atoms with van der Waals surface area (Å²) in [5.41, 5.74) is 0. The van der Waals surface area contributed by atoms with Crippen LogP contribution in [0.4, 0.5) is 0 Å². The van der Waals surface area contributed by atoms with Crippen LogP contribution < -0.4 is 5.14 Å². The lowest BCUT2D eigenvalue weighted by Crippen LogP contribution is -1.62. The fraction of sp³-hybridized carbons (Fsp3) is 0. The summed E-state index contributed by atoms with van der Waals surface area (Å²) in [6, 6.07) is 0. The van der Waals surface area contributed by atoms with Crippen molar-refractivity contribution in [2.24, 2.45) is 5.14 Å². The summed E-state index contributed by atoms with van der Waals surface area (Å²) in [7, 11) is 9.18. The Labute approximate surface area is 76.1 Å². The fourth-order valence-electron chi connectivity index (χ4n) is 0.0511. The van der Waals surface area contributed by atoms with Crippen LogP contribution in [-0.4, -0.2) is 0 Å². The van der Waals surface area contributed by atoms with Crippen molar-refractivity contribution in [3.8, 4) is 0 Å². The second-order valence-corrected chi connectivity index (χ2v) is 10.2. The van der Waals surface area contributed by atoms with E-state index in [9.17, 15) is 0 Å². The highest BCUT2D eigenvalue weighted by Crippen LogP contribution is 2.51. The molecule has 0 fully saturated rings. The number of thiol groups is 1. The van der Waals surface area contributed by atoms with Gasteiger partial charge in [0, 0.05) is 19.7 Å². The lowest BCUT2D eigenvalue weighted by molar-refractivity contribution is 2.07. The molecule has 0 aromatic carbocycles. The Morgan fingerprint density at radius 3 is 2.12 bits per heavy atom. The third-order valence-electron chi connectivity index (χ3n) is 0.153. The largest absolute Gasteiger partial charge is 0.268 e. The van der Waals surface area contributed by atoms with Crippen molar-refractivity contribution < 1.29 is 0 Å². The van der Waals surface area contributed by atoms with Crippen molar-refractivity contribution in [1.82, 2.24) is 0 Å². The molecule has 8 heavy (non-hydrogen) atoms. The number of nitrogens with two attached hydrogens (primary N) is 1. The van der Waals surface area contributed by atoms with Crippen LogP contribution in [0.25, 0.3) is 0 Å². The summed E-state index contributed by atoms with van der Waals surface area (Å²) in [6.07, 6.45) is 0. The topological polar surface area (TPSA) is 26.0 Å². The van der Waals surface area contributed by atoms with Gasteiger partial charge >= 0.3 is 0 Å². The minimum absolute atomic E-state index is 1.26. The van der Waals surface area contributed by atoms with E-state index in [4.69, 9.17) is 5.14 Å². The Kier molecular flexibility index (Phi) is 12.2. The van der Waals surface area contributed by atoms with Gasteiger partial charge in [0.05, 0.1) is 0 Å². The van der Waals surface area contributed by atoms with Gasteiger partial charge in [0.1, 0.15) is 0 Å². The molecule has 0 saturated carbocycles. The van der Waals surface area contributed by atoms with Gasteiger partial charge in [0.25, 0.3) is 0 Å². The van der Waals surface area contributed by atoms with E-state index in [2.05, 4.69) is 11.7 Å². The second-order valence-electron chi connectivity index (χ2n) is 0.443. The molecule has 8 heteroatoms. The lowest BCUT2D eigenvalue weighted by atomic mass is 14.0. The van der Waals surface area contributed by atoms with Crippen molar-refractivity contribution >= 4 is 71.8 Å². The highest BCUT2D eigenvalue weighted by Gasteiger charge is 1.87. The predicted molar refractivity (Wildman–Crippen MR) is 58.7 cm³/mol. The van der Waals surface area contributed by atoms with Crippen LogP contribution in [0.2, 0.25) is 0 Å². The van der Waals surface area contributed by atoms with Gasteiger partial charge in [-0.3, -0.25) is 5.14 Å². The Hall–Kier alpha value is 2.41. The molecule has 1 nitrogen and oxygen atoms in total. The number of hydrogen-bond acceptors (Lipinski definition) is 8. The van der Waals surface area contributed by atoms with Gasteiger partial charge < -0.3 is 0 Å². The first-order valence-electron chi connectivity index (χ1n) is 1.25. The number of hydrogen-bond donors (Lipinski definition) is 2. The molecule has 0 unspecified atom stereocenters. The van der Waals surface area contributed by atoms with Crippen LogP contribution in [0.1, 0.15) is 0 Å². The van der Waals surface area contributed by atoms with Gasteiger partial charge in [-0.05, 0) is 40.5 Å². The standard InChI is InChI=1S/H3NS7/c1-3-5-7-8-6-4-2/h2H,1H2. The van der Waals surface area contributed by atoms with Crippen LogP contribution in [0.15, 0.2) is 0 Å². The summed E-state index contributed by atoms with van der Waals surface area (Å²) in [5.74, 6) is 0. The van der Waals surface area contributed by atoms with Crippen molar-refractivity contribution in [2.75, 3.05) is 0 Å². The normalized spacial score (nSPS) is 9.75. The van der Waals surface area contributed by atoms with Gasteiger partial charge in [0.2, 0.25) is 0 Å². The molecule has 0 aliphatic heterocycles. The lowest BCUT2D eigenvalue weighted by Gasteiger charge is -1.89. The highest BCUT2D eigenvalue weighted by molar-refractivity contribution is 9.45. The van der Waals surface area contributed by atoms with Gasteiger partial charge in [-0.2, -0.15) is 0 Å². The van der Waals surface area contributed by atoms with Gasteiger partial charge in [-0.15, -0.1) is 0 Å². The molecule has 0 aromatic heterocycles. The van der Waals surface area contributed by atoms with E-state index < -0.39 is 0 Å². The van der Waals surface area contributed by atoms with Crippen LogP contribution in [0.3, 0.4) is 0 Å². The zero-order chi connectivity index (χ0) is 6.24. The van der Waals surface area contributed by atoms with Crippen LogP contribution in [-0.2, 0) is 0 Å². The monoisotopic (exact) mass is 241 g/mol. The van der Waals surface area contributed by atoms with Crippen molar-refractivity contribution in [2.45, 2.75) is 0 Å². The summed E-state index contributed by atoms with van der Waals surface area (Å²) < 4.78 is 0. The molecular weight excluding hydrogens is 238 g/mol. The average molecular weight is 242 g/mol. The minimum atomic E-state index is 1.26. The van der Waals surface area contributed by atoms with E-state index in [-0.39, 0.29) is 0 Å². The summed E-state index contributed by atoms with van der Waals surface area (Å²) in [5, 5.41) is 5.12. The maximum Gasteiger partial charge on any atom is 0.00384 e. The van der Waals surface area contributed by atoms with E-state index in [1.807, 2.05) is 0 Å². The molecule has 2 N–H and O–H groups in total. The molecule has 0 amide bonds. The third kappa shape index (κ3) is 8.41. The minimum Gasteiger partial charge on any atom is -0.268 e. The molecule has 0 saturated heterocycles.